The van der Waals surface area contributed by atoms with Crippen LogP contribution in [-0.4, -0.2) is 25.9 Å². The van der Waals surface area contributed by atoms with Crippen LogP contribution in [0.25, 0.3) is 0 Å². The van der Waals surface area contributed by atoms with Crippen LogP contribution in [0.1, 0.15) is 30.7 Å². The lowest BCUT2D eigenvalue weighted by atomic mass is 9.76. The standard InChI is InChI=1S/C14H18F3NO/c1-19-13-4-2-3-10(9-13)11-7-12(8-11)18-6-5-14(15,16)17/h2-4,9,11-12,18H,5-8H2,1H3. The van der Waals surface area contributed by atoms with Crippen molar-refractivity contribution in [1.82, 2.24) is 5.32 Å². The van der Waals surface area contributed by atoms with Crippen LogP contribution in [0.5, 0.6) is 5.75 Å². The van der Waals surface area contributed by atoms with E-state index in [9.17, 15) is 13.2 Å². The molecule has 0 saturated heterocycles. The highest BCUT2D eigenvalue weighted by atomic mass is 19.4. The Morgan fingerprint density at radius 1 is 1.32 bits per heavy atom. The minimum Gasteiger partial charge on any atom is -0.497 e. The minimum atomic E-state index is -4.07. The molecule has 0 aromatic heterocycles. The number of alkyl halides is 3. The van der Waals surface area contributed by atoms with Crippen LogP contribution in [0, 0.1) is 0 Å². The zero-order valence-corrected chi connectivity index (χ0v) is 10.8. The number of rotatable bonds is 5. The lowest BCUT2D eigenvalue weighted by Crippen LogP contribution is -2.41. The van der Waals surface area contributed by atoms with Crippen molar-refractivity contribution in [3.05, 3.63) is 29.8 Å². The van der Waals surface area contributed by atoms with Crippen molar-refractivity contribution in [3.8, 4) is 5.75 Å². The molecule has 0 atom stereocenters. The van der Waals surface area contributed by atoms with Gasteiger partial charge in [0.05, 0.1) is 13.5 Å². The van der Waals surface area contributed by atoms with E-state index in [1.807, 2.05) is 24.3 Å². The zero-order valence-electron chi connectivity index (χ0n) is 10.8. The maximum Gasteiger partial charge on any atom is 0.390 e. The van der Waals surface area contributed by atoms with Gasteiger partial charge in [-0.05, 0) is 36.5 Å². The number of benzene rings is 1. The average molecular weight is 273 g/mol. The predicted octanol–water partition coefficient (Wildman–Crippen LogP) is 3.48. The summed E-state index contributed by atoms with van der Waals surface area (Å²) >= 11 is 0. The highest BCUT2D eigenvalue weighted by Gasteiger charge is 2.32. The first-order valence-corrected chi connectivity index (χ1v) is 6.42. The van der Waals surface area contributed by atoms with Gasteiger partial charge in [0.25, 0.3) is 0 Å². The van der Waals surface area contributed by atoms with E-state index in [0.29, 0.717) is 5.92 Å². The van der Waals surface area contributed by atoms with E-state index in [1.165, 1.54) is 5.56 Å². The summed E-state index contributed by atoms with van der Waals surface area (Å²) in [6.45, 7) is 0.0129. The predicted molar refractivity (Wildman–Crippen MR) is 67.4 cm³/mol. The summed E-state index contributed by atoms with van der Waals surface area (Å²) in [5.74, 6) is 1.25. The molecule has 1 aliphatic carbocycles. The molecule has 1 aromatic carbocycles. The molecule has 0 unspecified atom stereocenters. The molecule has 2 rings (SSSR count). The summed E-state index contributed by atoms with van der Waals surface area (Å²) in [4.78, 5) is 0. The van der Waals surface area contributed by atoms with Crippen LogP contribution in [0.2, 0.25) is 0 Å². The molecule has 0 aliphatic heterocycles. The quantitative estimate of drug-likeness (QED) is 0.886. The average Bonchev–Trinajstić information content (AvgIpc) is 2.31. The maximum absolute atomic E-state index is 12.0. The van der Waals surface area contributed by atoms with Crippen molar-refractivity contribution in [2.75, 3.05) is 13.7 Å². The highest BCUT2D eigenvalue weighted by Crippen LogP contribution is 2.38. The Morgan fingerprint density at radius 3 is 2.68 bits per heavy atom. The largest absolute Gasteiger partial charge is 0.497 e. The normalized spacial score (nSPS) is 22.9. The summed E-state index contributed by atoms with van der Waals surface area (Å²) in [6, 6.07) is 8.08. The van der Waals surface area contributed by atoms with Gasteiger partial charge in [-0.3, -0.25) is 0 Å². The van der Waals surface area contributed by atoms with E-state index in [1.54, 1.807) is 7.11 Å². The Kier molecular flexibility index (Phi) is 4.34. The maximum atomic E-state index is 12.0. The van der Waals surface area contributed by atoms with Gasteiger partial charge < -0.3 is 10.1 Å². The minimum absolute atomic E-state index is 0.0129. The van der Waals surface area contributed by atoms with E-state index < -0.39 is 12.6 Å². The Balaban J connectivity index is 1.73. The molecule has 0 bridgehead atoms. The second-order valence-corrected chi connectivity index (χ2v) is 4.96. The summed E-state index contributed by atoms with van der Waals surface area (Å²) in [5, 5.41) is 2.95. The molecule has 5 heteroatoms. The Bertz CT molecular complexity index is 413. The fourth-order valence-corrected chi connectivity index (χ4v) is 2.37. The van der Waals surface area contributed by atoms with Crippen LogP contribution in [-0.2, 0) is 0 Å². The zero-order chi connectivity index (χ0) is 13.9. The van der Waals surface area contributed by atoms with E-state index in [-0.39, 0.29) is 12.6 Å². The molecule has 1 N–H and O–H groups in total. The third-order valence-corrected chi connectivity index (χ3v) is 3.54. The van der Waals surface area contributed by atoms with E-state index >= 15 is 0 Å². The van der Waals surface area contributed by atoms with Gasteiger partial charge in [0, 0.05) is 12.6 Å². The topological polar surface area (TPSA) is 21.3 Å². The van der Waals surface area contributed by atoms with Gasteiger partial charge in [-0.25, -0.2) is 0 Å². The van der Waals surface area contributed by atoms with Crippen LogP contribution in [0.4, 0.5) is 13.2 Å². The molecule has 1 saturated carbocycles. The fraction of sp³-hybridized carbons (Fsp3) is 0.571. The van der Waals surface area contributed by atoms with Crippen LogP contribution in [0.3, 0.4) is 0 Å². The molecular weight excluding hydrogens is 255 g/mol. The number of halogens is 3. The Morgan fingerprint density at radius 2 is 2.05 bits per heavy atom. The van der Waals surface area contributed by atoms with Crippen molar-refractivity contribution >= 4 is 0 Å². The Hall–Kier alpha value is -1.23. The third-order valence-electron chi connectivity index (χ3n) is 3.54. The van der Waals surface area contributed by atoms with E-state index in [0.717, 1.165) is 18.6 Å². The number of nitrogens with one attached hydrogen (secondary N) is 1. The van der Waals surface area contributed by atoms with Gasteiger partial charge in [0.2, 0.25) is 0 Å². The molecule has 0 spiro atoms. The number of methoxy groups -OCH3 is 1. The summed E-state index contributed by atoms with van der Waals surface area (Å²) in [6.07, 6.45) is -3.04. The smallest absolute Gasteiger partial charge is 0.390 e. The third kappa shape index (κ3) is 4.13. The highest BCUT2D eigenvalue weighted by molar-refractivity contribution is 5.32. The van der Waals surface area contributed by atoms with Gasteiger partial charge in [0.1, 0.15) is 5.75 Å². The summed E-state index contributed by atoms with van der Waals surface area (Å²) in [5.41, 5.74) is 1.20. The molecule has 0 heterocycles. The molecule has 106 valence electrons. The summed E-state index contributed by atoms with van der Waals surface area (Å²) < 4.78 is 41.2. The van der Waals surface area contributed by atoms with Crippen LogP contribution in [0.15, 0.2) is 24.3 Å². The lowest BCUT2D eigenvalue weighted by molar-refractivity contribution is -0.133. The van der Waals surface area contributed by atoms with Crippen molar-refractivity contribution in [1.29, 1.82) is 0 Å². The van der Waals surface area contributed by atoms with Gasteiger partial charge in [-0.1, -0.05) is 12.1 Å². The van der Waals surface area contributed by atoms with Crippen LogP contribution >= 0.6 is 0 Å². The van der Waals surface area contributed by atoms with Gasteiger partial charge in [-0.2, -0.15) is 13.2 Å². The van der Waals surface area contributed by atoms with Gasteiger partial charge in [0.15, 0.2) is 0 Å². The second-order valence-electron chi connectivity index (χ2n) is 4.96. The monoisotopic (exact) mass is 273 g/mol. The molecular formula is C14H18F3NO. The second kappa shape index (κ2) is 5.82. The number of hydrogen-bond acceptors (Lipinski definition) is 2. The molecule has 0 radical (unpaired) electrons. The first-order chi connectivity index (χ1) is 8.98. The molecule has 1 aromatic rings. The first-order valence-electron chi connectivity index (χ1n) is 6.42. The number of ether oxygens (including phenoxy) is 1. The molecule has 1 fully saturated rings. The SMILES string of the molecule is COc1cccc(C2CC(NCCC(F)(F)F)C2)c1. The van der Waals surface area contributed by atoms with Crippen molar-refractivity contribution < 1.29 is 17.9 Å². The molecule has 19 heavy (non-hydrogen) atoms. The fourth-order valence-electron chi connectivity index (χ4n) is 2.37. The van der Waals surface area contributed by atoms with Crippen molar-refractivity contribution in [3.63, 3.8) is 0 Å². The molecule has 2 nitrogen and oxygen atoms in total. The van der Waals surface area contributed by atoms with Crippen molar-refractivity contribution in [2.24, 2.45) is 0 Å². The van der Waals surface area contributed by atoms with Crippen LogP contribution < -0.4 is 10.1 Å². The van der Waals surface area contributed by atoms with Gasteiger partial charge >= 0.3 is 6.18 Å². The number of hydrogen-bond donors (Lipinski definition) is 1. The van der Waals surface area contributed by atoms with E-state index in [2.05, 4.69) is 5.32 Å². The van der Waals surface area contributed by atoms with E-state index in [4.69, 9.17) is 4.74 Å². The molecule has 1 aliphatic rings. The molecule has 0 amide bonds. The first kappa shape index (κ1) is 14.2. The van der Waals surface area contributed by atoms with Crippen molar-refractivity contribution in [2.45, 2.75) is 37.4 Å². The Labute approximate surface area is 111 Å². The summed E-state index contributed by atoms with van der Waals surface area (Å²) in [7, 11) is 1.63. The lowest BCUT2D eigenvalue weighted by Gasteiger charge is -2.36. The van der Waals surface area contributed by atoms with Gasteiger partial charge in [-0.15, -0.1) is 0 Å².